The first-order valence-corrected chi connectivity index (χ1v) is 10.5. The van der Waals surface area contributed by atoms with Gasteiger partial charge in [-0.05, 0) is 25.7 Å². The lowest BCUT2D eigenvalue weighted by atomic mass is 10.0. The first-order chi connectivity index (χ1) is 12.7. The summed E-state index contributed by atoms with van der Waals surface area (Å²) in [6.07, 6.45) is 14.6. The highest BCUT2D eigenvalue weighted by atomic mass is 16.6. The number of unbranched alkanes of at least 4 members (excludes halogenated alkanes) is 9. The van der Waals surface area contributed by atoms with Crippen LogP contribution in [0.5, 0.6) is 0 Å². The van der Waals surface area contributed by atoms with Crippen LogP contribution in [0.3, 0.4) is 0 Å². The van der Waals surface area contributed by atoms with Gasteiger partial charge < -0.3 is 24.8 Å². The average Bonchev–Trinajstić information content (AvgIpc) is 2.64. The number of hydrogen-bond donors (Lipinski definition) is 3. The fraction of sp³-hybridized carbons (Fsp3) is 0.905. The summed E-state index contributed by atoms with van der Waals surface area (Å²) in [7, 11) is 0. The third kappa shape index (κ3) is 10.6. The number of rotatable bonds is 15. The highest BCUT2D eigenvalue weighted by Crippen LogP contribution is 2.16. The molecule has 0 aromatic heterocycles. The van der Waals surface area contributed by atoms with Crippen LogP contribution in [0.15, 0.2) is 12.2 Å². The van der Waals surface area contributed by atoms with Crippen LogP contribution in [0.4, 0.5) is 0 Å². The Morgan fingerprint density at radius 2 is 1.46 bits per heavy atom. The lowest BCUT2D eigenvalue weighted by Gasteiger charge is -2.35. The van der Waals surface area contributed by atoms with E-state index in [9.17, 15) is 15.3 Å². The summed E-state index contributed by atoms with van der Waals surface area (Å²) in [5.74, 6) is 0. The fourth-order valence-corrected chi connectivity index (χ4v) is 3.20. The van der Waals surface area contributed by atoms with Gasteiger partial charge in [-0.2, -0.15) is 0 Å². The molecule has 0 saturated carbocycles. The molecule has 1 aliphatic rings. The topological polar surface area (TPSA) is 79.2 Å². The molecular weight excluding hydrogens is 332 g/mol. The quantitative estimate of drug-likeness (QED) is 0.303. The molecule has 0 unspecified atom stereocenters. The van der Waals surface area contributed by atoms with Crippen molar-refractivity contribution in [3.05, 3.63) is 12.2 Å². The number of aliphatic hydroxyl groups excluding tert-OH is 3. The van der Waals surface area contributed by atoms with Gasteiger partial charge in [0.25, 0.3) is 0 Å². The lowest BCUT2D eigenvalue weighted by Crippen LogP contribution is -2.54. The number of allylic oxidation sites excluding steroid dienone is 2. The summed E-state index contributed by atoms with van der Waals surface area (Å²) in [5.41, 5.74) is 0. The molecule has 154 valence electrons. The minimum atomic E-state index is -1.15. The number of aliphatic hydroxyl groups is 3. The molecular formula is C21H40O5. The van der Waals surface area contributed by atoms with Gasteiger partial charge in [0.05, 0.1) is 13.2 Å². The molecule has 0 bridgehead atoms. The Morgan fingerprint density at radius 1 is 0.846 bits per heavy atom. The molecule has 1 fully saturated rings. The number of hydrogen-bond acceptors (Lipinski definition) is 5. The van der Waals surface area contributed by atoms with E-state index in [2.05, 4.69) is 19.1 Å². The zero-order valence-corrected chi connectivity index (χ0v) is 16.5. The first kappa shape index (κ1) is 23.6. The second-order valence-electron chi connectivity index (χ2n) is 7.35. The molecule has 1 rings (SSSR count). The van der Waals surface area contributed by atoms with Crippen molar-refractivity contribution in [1.82, 2.24) is 0 Å². The van der Waals surface area contributed by atoms with E-state index >= 15 is 0 Å². The van der Waals surface area contributed by atoms with Crippen molar-refractivity contribution in [2.24, 2.45) is 0 Å². The highest BCUT2D eigenvalue weighted by molar-refractivity contribution is 4.86. The SMILES string of the molecule is CC/C=C/CCCCCCCCCCCOC[C@@H]1OC[C@@H](O)[C@H](O)[C@H]1O. The van der Waals surface area contributed by atoms with Crippen molar-refractivity contribution >= 4 is 0 Å². The van der Waals surface area contributed by atoms with E-state index in [1.807, 2.05) is 0 Å². The minimum Gasteiger partial charge on any atom is -0.388 e. The summed E-state index contributed by atoms with van der Waals surface area (Å²) < 4.78 is 10.8. The van der Waals surface area contributed by atoms with Crippen LogP contribution in [0.2, 0.25) is 0 Å². The third-order valence-corrected chi connectivity index (χ3v) is 4.95. The maximum Gasteiger partial charge on any atom is 0.111 e. The second-order valence-corrected chi connectivity index (χ2v) is 7.35. The molecule has 4 atom stereocenters. The molecule has 5 nitrogen and oxygen atoms in total. The van der Waals surface area contributed by atoms with E-state index in [1.54, 1.807) is 0 Å². The van der Waals surface area contributed by atoms with Crippen LogP contribution in [0, 0.1) is 0 Å². The molecule has 0 aliphatic carbocycles. The van der Waals surface area contributed by atoms with Gasteiger partial charge in [-0.3, -0.25) is 0 Å². The Bertz CT molecular complexity index is 347. The Morgan fingerprint density at radius 3 is 2.12 bits per heavy atom. The van der Waals surface area contributed by atoms with Crippen molar-refractivity contribution in [3.63, 3.8) is 0 Å². The summed E-state index contributed by atoms with van der Waals surface area (Å²) in [6, 6.07) is 0. The molecule has 0 amide bonds. The predicted octanol–water partition coefficient (Wildman–Crippen LogP) is 3.35. The van der Waals surface area contributed by atoms with Gasteiger partial charge in [0.15, 0.2) is 0 Å². The molecule has 1 heterocycles. The summed E-state index contributed by atoms with van der Waals surface area (Å²) in [5, 5.41) is 28.8. The molecule has 0 spiro atoms. The Hall–Kier alpha value is -0.460. The lowest BCUT2D eigenvalue weighted by molar-refractivity contribution is -0.199. The van der Waals surface area contributed by atoms with E-state index in [-0.39, 0.29) is 13.2 Å². The highest BCUT2D eigenvalue weighted by Gasteiger charge is 2.37. The smallest absolute Gasteiger partial charge is 0.111 e. The predicted molar refractivity (Wildman–Crippen MR) is 104 cm³/mol. The molecule has 0 aromatic rings. The Balaban J connectivity index is 1.82. The summed E-state index contributed by atoms with van der Waals surface area (Å²) >= 11 is 0. The van der Waals surface area contributed by atoms with Gasteiger partial charge in [-0.25, -0.2) is 0 Å². The molecule has 0 radical (unpaired) electrons. The summed E-state index contributed by atoms with van der Waals surface area (Å²) in [4.78, 5) is 0. The van der Waals surface area contributed by atoms with E-state index in [0.717, 1.165) is 19.3 Å². The van der Waals surface area contributed by atoms with Gasteiger partial charge in [0, 0.05) is 6.61 Å². The largest absolute Gasteiger partial charge is 0.388 e. The van der Waals surface area contributed by atoms with Gasteiger partial charge >= 0.3 is 0 Å². The molecule has 3 N–H and O–H groups in total. The molecule has 0 aromatic carbocycles. The van der Waals surface area contributed by atoms with E-state index in [1.165, 1.54) is 51.4 Å². The third-order valence-electron chi connectivity index (χ3n) is 4.95. The van der Waals surface area contributed by atoms with Crippen molar-refractivity contribution in [1.29, 1.82) is 0 Å². The Kier molecular flexibility index (Phi) is 14.1. The van der Waals surface area contributed by atoms with E-state index in [0.29, 0.717) is 6.61 Å². The summed E-state index contributed by atoms with van der Waals surface area (Å²) in [6.45, 7) is 3.13. The Labute approximate surface area is 159 Å². The zero-order chi connectivity index (χ0) is 19.0. The van der Waals surface area contributed by atoms with Crippen molar-refractivity contribution in [3.8, 4) is 0 Å². The normalized spacial score (nSPS) is 26.6. The maximum atomic E-state index is 9.80. The van der Waals surface area contributed by atoms with Crippen LogP contribution in [-0.2, 0) is 9.47 Å². The monoisotopic (exact) mass is 372 g/mol. The first-order valence-electron chi connectivity index (χ1n) is 10.5. The van der Waals surface area contributed by atoms with Crippen molar-refractivity contribution < 1.29 is 24.8 Å². The van der Waals surface area contributed by atoms with E-state index in [4.69, 9.17) is 9.47 Å². The van der Waals surface area contributed by atoms with Crippen LogP contribution in [0.25, 0.3) is 0 Å². The van der Waals surface area contributed by atoms with Crippen LogP contribution >= 0.6 is 0 Å². The van der Waals surface area contributed by atoms with Gasteiger partial charge in [0.1, 0.15) is 24.4 Å². The standard InChI is InChI=1S/C21H40O5/c1-2-3-4-5-6-7-8-9-10-11-12-13-14-15-25-17-19-21(24)20(23)18(22)16-26-19/h3-4,18-24H,2,5-17H2,1H3/b4-3+/t18-,19+,20+,21+/m1/s1. The molecule has 1 aliphatic heterocycles. The van der Waals surface area contributed by atoms with Crippen LogP contribution in [-0.4, -0.2) is 59.6 Å². The zero-order valence-electron chi connectivity index (χ0n) is 16.5. The van der Waals surface area contributed by atoms with Crippen LogP contribution in [0.1, 0.15) is 77.6 Å². The average molecular weight is 373 g/mol. The minimum absolute atomic E-state index is 0.0433. The number of ether oxygens (including phenoxy) is 2. The molecule has 5 heteroatoms. The molecule has 26 heavy (non-hydrogen) atoms. The second kappa shape index (κ2) is 15.6. The molecule has 1 saturated heterocycles. The van der Waals surface area contributed by atoms with Crippen molar-refractivity contribution in [2.75, 3.05) is 19.8 Å². The fourth-order valence-electron chi connectivity index (χ4n) is 3.20. The van der Waals surface area contributed by atoms with Crippen LogP contribution < -0.4 is 0 Å². The van der Waals surface area contributed by atoms with E-state index < -0.39 is 24.4 Å². The van der Waals surface area contributed by atoms with Gasteiger partial charge in [0.2, 0.25) is 0 Å². The van der Waals surface area contributed by atoms with Gasteiger partial charge in [-0.1, -0.05) is 64.0 Å². The van der Waals surface area contributed by atoms with Gasteiger partial charge in [-0.15, -0.1) is 0 Å². The maximum absolute atomic E-state index is 9.80. The van der Waals surface area contributed by atoms with Crippen molar-refractivity contribution in [2.45, 2.75) is 102 Å².